The van der Waals surface area contributed by atoms with Gasteiger partial charge in [0.15, 0.2) is 13.1 Å². The van der Waals surface area contributed by atoms with E-state index in [9.17, 15) is 14.7 Å². The van der Waals surface area contributed by atoms with Crippen LogP contribution in [-0.4, -0.2) is 43.2 Å². The van der Waals surface area contributed by atoms with Crippen molar-refractivity contribution in [2.75, 3.05) is 36.9 Å². The smallest absolute Gasteiger partial charge is 0.279 e. The summed E-state index contributed by atoms with van der Waals surface area (Å²) < 4.78 is 0. The van der Waals surface area contributed by atoms with Crippen molar-refractivity contribution in [3.8, 4) is 0 Å². The van der Waals surface area contributed by atoms with E-state index in [2.05, 4.69) is 10.6 Å². The van der Waals surface area contributed by atoms with Gasteiger partial charge >= 0.3 is 0 Å². The van der Waals surface area contributed by atoms with Crippen molar-refractivity contribution in [3.63, 3.8) is 0 Å². The number of carbonyl (C=O) groups is 2. The number of nitrogens with one attached hydrogen (secondary N) is 3. The zero-order valence-electron chi connectivity index (χ0n) is 17.8. The number of aryl methyl sites for hydroxylation is 4. The number of quaternary nitrogens is 1. The molecule has 6 nitrogen and oxygen atoms in total. The second-order valence-electron chi connectivity index (χ2n) is 7.56. The molecule has 4 N–H and O–H groups in total. The fourth-order valence-corrected chi connectivity index (χ4v) is 3.41. The quantitative estimate of drug-likeness (QED) is 0.520. The molecule has 2 amide bonds. The first kappa shape index (κ1) is 22.6. The Morgan fingerprint density at radius 2 is 1.17 bits per heavy atom. The number of anilines is 2. The molecule has 0 bridgehead atoms. The Labute approximate surface area is 172 Å². The number of amides is 2. The lowest BCUT2D eigenvalue weighted by Crippen LogP contribution is -3.14. The number of para-hydroxylation sites is 2. The van der Waals surface area contributed by atoms with Gasteiger partial charge in [0.05, 0.1) is 6.54 Å². The Bertz CT molecular complexity index is 756. The largest absolute Gasteiger partial charge is 0.396 e. The van der Waals surface area contributed by atoms with Crippen LogP contribution in [0.3, 0.4) is 0 Å². The molecular formula is C23H32N3O3+. The number of benzene rings is 2. The molecule has 0 spiro atoms. The lowest BCUT2D eigenvalue weighted by Gasteiger charge is -2.20. The summed E-state index contributed by atoms with van der Waals surface area (Å²) in [6.45, 7) is 8.71. The first-order chi connectivity index (χ1) is 13.8. The standard InChI is InChI=1S/C23H31N3O3/c1-16-8-5-9-17(2)22(16)24-20(28)14-26(12-7-13-27)15-21(29)25-23-18(3)10-6-11-19(23)4/h5-6,8-11,27H,7,12-15H2,1-4H3,(H,24,28)(H,25,29)/p+1. The molecule has 0 unspecified atom stereocenters. The lowest BCUT2D eigenvalue weighted by molar-refractivity contribution is -0.883. The summed E-state index contributed by atoms with van der Waals surface area (Å²) in [5, 5.41) is 15.1. The molecular weight excluding hydrogens is 366 g/mol. The monoisotopic (exact) mass is 398 g/mol. The Morgan fingerprint density at radius 3 is 1.52 bits per heavy atom. The van der Waals surface area contributed by atoms with Crippen LogP contribution < -0.4 is 15.5 Å². The molecule has 0 radical (unpaired) electrons. The maximum Gasteiger partial charge on any atom is 0.279 e. The molecule has 0 atom stereocenters. The highest BCUT2D eigenvalue weighted by Gasteiger charge is 2.20. The minimum atomic E-state index is -0.143. The Kier molecular flexibility index (Phi) is 8.36. The molecule has 0 heterocycles. The van der Waals surface area contributed by atoms with E-state index in [1.807, 2.05) is 64.1 Å². The average Bonchev–Trinajstić information content (AvgIpc) is 2.66. The van der Waals surface area contributed by atoms with E-state index in [1.54, 1.807) is 0 Å². The molecule has 0 saturated heterocycles. The van der Waals surface area contributed by atoms with E-state index in [1.165, 1.54) is 0 Å². The van der Waals surface area contributed by atoms with Gasteiger partial charge in [-0.1, -0.05) is 36.4 Å². The van der Waals surface area contributed by atoms with Crippen LogP contribution >= 0.6 is 0 Å². The number of hydrogen-bond donors (Lipinski definition) is 4. The van der Waals surface area contributed by atoms with Crippen molar-refractivity contribution in [2.24, 2.45) is 0 Å². The van der Waals surface area contributed by atoms with Gasteiger partial charge < -0.3 is 20.6 Å². The van der Waals surface area contributed by atoms with Gasteiger partial charge in [-0.15, -0.1) is 0 Å². The third-order valence-electron chi connectivity index (χ3n) is 5.00. The molecule has 6 heteroatoms. The molecule has 0 aliphatic rings. The van der Waals surface area contributed by atoms with Gasteiger partial charge in [-0.05, 0) is 49.9 Å². The summed E-state index contributed by atoms with van der Waals surface area (Å²) in [6, 6.07) is 11.7. The summed E-state index contributed by atoms with van der Waals surface area (Å²) in [7, 11) is 0. The third-order valence-corrected chi connectivity index (χ3v) is 5.00. The molecule has 29 heavy (non-hydrogen) atoms. The Hall–Kier alpha value is -2.70. The van der Waals surface area contributed by atoms with Crippen molar-refractivity contribution in [3.05, 3.63) is 58.7 Å². The lowest BCUT2D eigenvalue weighted by atomic mass is 10.1. The summed E-state index contributed by atoms with van der Waals surface area (Å²) in [4.78, 5) is 26.0. The topological polar surface area (TPSA) is 82.9 Å². The van der Waals surface area contributed by atoms with E-state index < -0.39 is 0 Å². The molecule has 2 aromatic carbocycles. The fourth-order valence-electron chi connectivity index (χ4n) is 3.41. The number of carbonyl (C=O) groups excluding carboxylic acids is 2. The number of aliphatic hydroxyl groups is 1. The highest BCUT2D eigenvalue weighted by molar-refractivity contribution is 5.94. The van der Waals surface area contributed by atoms with Crippen LogP contribution in [0.15, 0.2) is 36.4 Å². The third kappa shape index (κ3) is 6.69. The van der Waals surface area contributed by atoms with Crippen molar-refractivity contribution in [2.45, 2.75) is 34.1 Å². The van der Waals surface area contributed by atoms with Crippen LogP contribution in [0.4, 0.5) is 11.4 Å². The number of aliphatic hydroxyl groups excluding tert-OH is 1. The average molecular weight is 399 g/mol. The van der Waals surface area contributed by atoms with E-state index in [4.69, 9.17) is 0 Å². The summed E-state index contributed by atoms with van der Waals surface area (Å²) in [5.41, 5.74) is 5.65. The second kappa shape index (κ2) is 10.7. The first-order valence-electron chi connectivity index (χ1n) is 9.98. The highest BCUT2D eigenvalue weighted by atomic mass is 16.3. The first-order valence-corrected chi connectivity index (χ1v) is 9.98. The van der Waals surface area contributed by atoms with Gasteiger partial charge in [-0.25, -0.2) is 0 Å². The Morgan fingerprint density at radius 1 is 0.793 bits per heavy atom. The predicted molar refractivity (Wildman–Crippen MR) is 116 cm³/mol. The number of hydrogen-bond acceptors (Lipinski definition) is 3. The zero-order chi connectivity index (χ0) is 21.4. The van der Waals surface area contributed by atoms with Crippen LogP contribution in [0.5, 0.6) is 0 Å². The van der Waals surface area contributed by atoms with E-state index in [-0.39, 0.29) is 31.5 Å². The number of rotatable bonds is 9. The molecule has 156 valence electrons. The van der Waals surface area contributed by atoms with Crippen molar-refractivity contribution in [1.82, 2.24) is 0 Å². The molecule has 0 saturated carbocycles. The minimum absolute atomic E-state index is 0.0283. The van der Waals surface area contributed by atoms with Crippen LogP contribution in [0.25, 0.3) is 0 Å². The molecule has 0 aromatic heterocycles. The Balaban J connectivity index is 2.02. The summed E-state index contributed by atoms with van der Waals surface area (Å²) in [5.74, 6) is -0.287. The SMILES string of the molecule is Cc1cccc(C)c1NC(=O)C[NH+](CCCO)CC(=O)Nc1c(C)cccc1C. The molecule has 0 aliphatic carbocycles. The van der Waals surface area contributed by atoms with E-state index in [0.29, 0.717) is 13.0 Å². The van der Waals surface area contributed by atoms with Crippen LogP contribution in [-0.2, 0) is 9.59 Å². The summed E-state index contributed by atoms with van der Waals surface area (Å²) in [6.07, 6.45) is 0.530. The molecule has 2 rings (SSSR count). The summed E-state index contributed by atoms with van der Waals surface area (Å²) >= 11 is 0. The van der Waals surface area contributed by atoms with Crippen molar-refractivity contribution >= 4 is 23.2 Å². The molecule has 0 aliphatic heterocycles. The van der Waals surface area contributed by atoms with Crippen molar-refractivity contribution in [1.29, 1.82) is 0 Å². The van der Waals surface area contributed by atoms with Gasteiger partial charge in [0.25, 0.3) is 11.8 Å². The van der Waals surface area contributed by atoms with Crippen molar-refractivity contribution < 1.29 is 19.6 Å². The normalized spacial score (nSPS) is 10.8. The minimum Gasteiger partial charge on any atom is -0.396 e. The van der Waals surface area contributed by atoms with E-state index >= 15 is 0 Å². The highest BCUT2D eigenvalue weighted by Crippen LogP contribution is 2.19. The van der Waals surface area contributed by atoms with E-state index in [0.717, 1.165) is 38.5 Å². The molecule has 0 fully saturated rings. The van der Waals surface area contributed by atoms with Crippen LogP contribution in [0.1, 0.15) is 28.7 Å². The molecule has 2 aromatic rings. The second-order valence-corrected chi connectivity index (χ2v) is 7.56. The van der Waals surface area contributed by atoms with Crippen LogP contribution in [0, 0.1) is 27.7 Å². The maximum absolute atomic E-state index is 12.6. The fraction of sp³-hybridized carbons (Fsp3) is 0.391. The van der Waals surface area contributed by atoms with Gasteiger partial charge in [0.1, 0.15) is 0 Å². The van der Waals surface area contributed by atoms with Gasteiger partial charge in [-0.3, -0.25) is 9.59 Å². The van der Waals surface area contributed by atoms with Gasteiger partial charge in [0, 0.05) is 24.4 Å². The zero-order valence-corrected chi connectivity index (χ0v) is 17.8. The van der Waals surface area contributed by atoms with Crippen LogP contribution in [0.2, 0.25) is 0 Å². The van der Waals surface area contributed by atoms with Gasteiger partial charge in [-0.2, -0.15) is 0 Å². The van der Waals surface area contributed by atoms with Gasteiger partial charge in [0.2, 0.25) is 0 Å². The predicted octanol–water partition coefficient (Wildman–Crippen LogP) is 1.76. The maximum atomic E-state index is 12.6.